The molecular formula is C32H44N2O10S. The number of aliphatic hydroxyl groups is 1. The van der Waals surface area contributed by atoms with Gasteiger partial charge in [0.05, 0.1) is 49.6 Å². The third-order valence-electron chi connectivity index (χ3n) is 8.52. The van der Waals surface area contributed by atoms with Gasteiger partial charge in [-0.15, -0.1) is 0 Å². The van der Waals surface area contributed by atoms with Crippen LogP contribution in [0, 0.1) is 11.8 Å². The summed E-state index contributed by atoms with van der Waals surface area (Å²) < 4.78 is 62.5. The van der Waals surface area contributed by atoms with Crippen LogP contribution in [-0.4, -0.2) is 101 Å². The van der Waals surface area contributed by atoms with Crippen molar-refractivity contribution in [2.45, 2.75) is 68.1 Å². The minimum atomic E-state index is -3.96. The normalized spacial score (nSPS) is 23.7. The van der Waals surface area contributed by atoms with Crippen LogP contribution < -0.4 is 10.1 Å². The topological polar surface area (TPSA) is 142 Å². The second kappa shape index (κ2) is 14.8. The summed E-state index contributed by atoms with van der Waals surface area (Å²) in [7, 11) is -2.46. The fraction of sp³-hybridized carbons (Fsp3) is 0.594. The highest BCUT2D eigenvalue weighted by Gasteiger charge is 2.58. The van der Waals surface area contributed by atoms with Gasteiger partial charge in [-0.1, -0.05) is 44.2 Å². The predicted molar refractivity (Wildman–Crippen MR) is 163 cm³/mol. The Morgan fingerprint density at radius 3 is 2.44 bits per heavy atom. The molecule has 45 heavy (non-hydrogen) atoms. The molecule has 0 radical (unpaired) electrons. The number of hydrogen-bond donors (Lipinski definition) is 2. The second-order valence-electron chi connectivity index (χ2n) is 12.2. The van der Waals surface area contributed by atoms with E-state index in [4.69, 9.17) is 28.4 Å². The highest BCUT2D eigenvalue weighted by molar-refractivity contribution is 7.89. The number of carbonyl (C=O) groups excluding carboxylic acids is 1. The van der Waals surface area contributed by atoms with Crippen LogP contribution >= 0.6 is 0 Å². The summed E-state index contributed by atoms with van der Waals surface area (Å²) in [4.78, 5) is 13.0. The lowest BCUT2D eigenvalue weighted by Gasteiger charge is -2.30. The zero-order valence-electron chi connectivity index (χ0n) is 26.0. The minimum Gasteiger partial charge on any atom is -0.497 e. The molecule has 5 atom stereocenters. The van der Waals surface area contributed by atoms with E-state index < -0.39 is 34.0 Å². The van der Waals surface area contributed by atoms with Crippen molar-refractivity contribution in [2.75, 3.05) is 46.8 Å². The summed E-state index contributed by atoms with van der Waals surface area (Å²) >= 11 is 0. The van der Waals surface area contributed by atoms with E-state index in [1.54, 1.807) is 12.1 Å². The van der Waals surface area contributed by atoms with E-state index >= 15 is 0 Å². The quantitative estimate of drug-likeness (QED) is 0.294. The molecule has 0 aromatic heterocycles. The van der Waals surface area contributed by atoms with Crippen molar-refractivity contribution in [1.82, 2.24) is 9.62 Å². The summed E-state index contributed by atoms with van der Waals surface area (Å²) in [6.45, 7) is 4.94. The smallest absolute Gasteiger partial charge is 0.409 e. The molecule has 2 heterocycles. The summed E-state index contributed by atoms with van der Waals surface area (Å²) in [5.74, 6) is -0.127. The first-order valence-electron chi connectivity index (χ1n) is 15.4. The number of hydrogen-bond acceptors (Lipinski definition) is 10. The van der Waals surface area contributed by atoms with Crippen molar-refractivity contribution in [1.29, 1.82) is 0 Å². The summed E-state index contributed by atoms with van der Waals surface area (Å²) in [5.41, 5.74) is 0.856. The number of aliphatic hydroxyl groups excluding tert-OH is 1. The average molecular weight is 649 g/mol. The Morgan fingerprint density at radius 2 is 1.78 bits per heavy atom. The molecule has 1 amide bonds. The van der Waals surface area contributed by atoms with Crippen LogP contribution in [0.4, 0.5) is 4.79 Å². The zero-order valence-corrected chi connectivity index (χ0v) is 26.8. The monoisotopic (exact) mass is 648 g/mol. The Morgan fingerprint density at radius 1 is 1.07 bits per heavy atom. The summed E-state index contributed by atoms with van der Waals surface area (Å²) in [6, 6.07) is 14.6. The van der Waals surface area contributed by atoms with Crippen LogP contribution in [-0.2, 0) is 40.1 Å². The van der Waals surface area contributed by atoms with Crippen molar-refractivity contribution in [3.63, 3.8) is 0 Å². The van der Waals surface area contributed by atoms with Gasteiger partial charge in [0, 0.05) is 25.4 Å². The molecule has 248 valence electrons. The summed E-state index contributed by atoms with van der Waals surface area (Å²) in [6.07, 6.45) is -0.683. The van der Waals surface area contributed by atoms with Gasteiger partial charge < -0.3 is 38.8 Å². The molecule has 1 saturated carbocycles. The Bertz CT molecular complexity index is 1350. The Balaban J connectivity index is 1.21. The lowest BCUT2D eigenvalue weighted by atomic mass is 9.98. The maximum Gasteiger partial charge on any atom is 0.409 e. The van der Waals surface area contributed by atoms with Gasteiger partial charge in [-0.05, 0) is 48.6 Å². The molecule has 3 fully saturated rings. The number of benzene rings is 2. The molecule has 2 saturated heterocycles. The van der Waals surface area contributed by atoms with Crippen molar-refractivity contribution in [2.24, 2.45) is 11.8 Å². The van der Waals surface area contributed by atoms with Crippen molar-refractivity contribution < 1.29 is 46.7 Å². The van der Waals surface area contributed by atoms with Crippen molar-refractivity contribution in [3.8, 4) is 5.75 Å². The number of fused-ring (bicyclic) bond motifs is 2. The van der Waals surface area contributed by atoms with Crippen LogP contribution in [0.3, 0.4) is 0 Å². The van der Waals surface area contributed by atoms with E-state index in [9.17, 15) is 18.3 Å². The van der Waals surface area contributed by atoms with Gasteiger partial charge in [0.25, 0.3) is 0 Å². The fourth-order valence-electron chi connectivity index (χ4n) is 6.27. The van der Waals surface area contributed by atoms with Crippen LogP contribution in [0.15, 0.2) is 59.5 Å². The van der Waals surface area contributed by atoms with E-state index in [0.29, 0.717) is 38.4 Å². The van der Waals surface area contributed by atoms with Gasteiger partial charge in [-0.2, -0.15) is 4.31 Å². The molecule has 1 aliphatic carbocycles. The van der Waals surface area contributed by atoms with Crippen molar-refractivity contribution in [3.05, 3.63) is 60.2 Å². The molecule has 0 unspecified atom stereocenters. The molecular weight excluding hydrogens is 604 g/mol. The van der Waals surface area contributed by atoms with Crippen LogP contribution in [0.5, 0.6) is 5.75 Å². The third-order valence-corrected chi connectivity index (χ3v) is 10.4. The molecule has 13 heteroatoms. The Labute approximate surface area is 264 Å². The SMILES string of the molecule is COc1ccc(S(=O)(=O)N(CC(C)C)C[C@@H](O)[C@H](Cc2ccccc2)NC(=O)OCO[C@H]2C[C@H]3OCC4(OCCO4)[C@H]3C2)cc1. The number of rotatable bonds is 14. The Kier molecular flexibility index (Phi) is 11.0. The van der Waals surface area contributed by atoms with Crippen LogP contribution in [0.1, 0.15) is 32.3 Å². The number of alkyl carbamates (subject to hydrolysis) is 1. The number of methoxy groups -OCH3 is 1. The largest absolute Gasteiger partial charge is 0.497 e. The molecule has 1 spiro atoms. The molecule has 3 aliphatic rings. The molecule has 2 aromatic carbocycles. The third kappa shape index (κ3) is 8.15. The van der Waals surface area contributed by atoms with Gasteiger partial charge in [0.15, 0.2) is 12.6 Å². The zero-order chi connectivity index (χ0) is 32.0. The van der Waals surface area contributed by atoms with Gasteiger partial charge >= 0.3 is 6.09 Å². The molecule has 2 N–H and O–H groups in total. The highest BCUT2D eigenvalue weighted by Crippen LogP contribution is 2.47. The molecule has 5 rings (SSSR count). The van der Waals surface area contributed by atoms with E-state index in [0.717, 1.165) is 5.56 Å². The molecule has 2 aliphatic heterocycles. The highest BCUT2D eigenvalue weighted by atomic mass is 32.2. The lowest BCUT2D eigenvalue weighted by Crippen LogP contribution is -2.51. The van der Waals surface area contributed by atoms with Gasteiger partial charge in [-0.25, -0.2) is 13.2 Å². The number of amides is 1. The fourth-order valence-corrected chi connectivity index (χ4v) is 7.90. The second-order valence-corrected chi connectivity index (χ2v) is 14.1. The molecule has 2 aromatic rings. The van der Waals surface area contributed by atoms with Crippen LogP contribution in [0.25, 0.3) is 0 Å². The molecule has 0 bridgehead atoms. The van der Waals surface area contributed by atoms with E-state index in [-0.39, 0.29) is 55.2 Å². The number of sulfonamides is 1. The maximum atomic E-state index is 13.6. The average Bonchev–Trinajstić information content (AvgIpc) is 3.75. The van der Waals surface area contributed by atoms with E-state index in [1.807, 2.05) is 44.2 Å². The summed E-state index contributed by atoms with van der Waals surface area (Å²) in [5, 5.41) is 14.2. The predicted octanol–water partition coefficient (Wildman–Crippen LogP) is 2.93. The van der Waals surface area contributed by atoms with Gasteiger partial charge in [0.2, 0.25) is 10.0 Å². The van der Waals surface area contributed by atoms with E-state index in [1.165, 1.54) is 23.5 Å². The van der Waals surface area contributed by atoms with Gasteiger partial charge in [0.1, 0.15) is 12.4 Å². The Hall–Kier alpha value is -2.78. The standard InChI is InChI=1S/C32H44N2O10S/c1-22(2)18-34(45(37,38)26-11-9-24(39-3)10-12-26)19-29(35)28(15-23-7-5-4-6-8-23)33-31(36)42-21-41-25-16-27-30(17-25)40-20-32(27)43-13-14-44-32/h4-12,22,25,27-30,35H,13-21H2,1-3H3,(H,33,36)/t25-,27+,28+,29-,30-/m1/s1. The first kappa shape index (κ1) is 33.6. The van der Waals surface area contributed by atoms with Crippen LogP contribution in [0.2, 0.25) is 0 Å². The number of ether oxygens (including phenoxy) is 6. The number of nitrogens with one attached hydrogen (secondary N) is 1. The number of carbonyl (C=O) groups is 1. The first-order valence-corrected chi connectivity index (χ1v) is 16.8. The van der Waals surface area contributed by atoms with E-state index in [2.05, 4.69) is 5.32 Å². The molecule has 12 nitrogen and oxygen atoms in total. The number of nitrogens with zero attached hydrogens (tertiary/aromatic N) is 1. The minimum absolute atomic E-state index is 0.0185. The lowest BCUT2D eigenvalue weighted by molar-refractivity contribution is -0.184. The maximum absolute atomic E-state index is 13.6. The van der Waals surface area contributed by atoms with Gasteiger partial charge in [-0.3, -0.25) is 0 Å². The first-order chi connectivity index (χ1) is 21.6. The van der Waals surface area contributed by atoms with Crippen molar-refractivity contribution >= 4 is 16.1 Å².